The molecule has 0 fully saturated rings. The fourth-order valence-corrected chi connectivity index (χ4v) is 4.19. The molecule has 2 aromatic carbocycles. The maximum absolute atomic E-state index is 10.1. The van der Waals surface area contributed by atoms with Gasteiger partial charge in [-0.1, -0.05) is 27.7 Å². The number of phenols is 2. The third kappa shape index (κ3) is 3.95. The molecule has 2 N–H and O–H groups in total. The summed E-state index contributed by atoms with van der Waals surface area (Å²) in [6.07, 6.45) is 3.41. The Balaban J connectivity index is 2.78. The summed E-state index contributed by atoms with van der Waals surface area (Å²) < 4.78 is 0. The van der Waals surface area contributed by atoms with E-state index in [0.717, 1.165) is 47.9 Å². The summed E-state index contributed by atoms with van der Waals surface area (Å²) in [5.41, 5.74) is 7.10. The zero-order valence-corrected chi connectivity index (χ0v) is 16.5. The Morgan fingerprint density at radius 2 is 0.960 bits per heavy atom. The molecule has 136 valence electrons. The lowest BCUT2D eigenvalue weighted by Crippen LogP contribution is -2.14. The number of rotatable bonds is 7. The van der Waals surface area contributed by atoms with Crippen LogP contribution in [0.4, 0.5) is 0 Å². The van der Waals surface area contributed by atoms with Gasteiger partial charge >= 0.3 is 0 Å². The molecule has 25 heavy (non-hydrogen) atoms. The van der Waals surface area contributed by atoms with Gasteiger partial charge in [-0.15, -0.1) is 11.6 Å². The quantitative estimate of drug-likeness (QED) is 0.620. The van der Waals surface area contributed by atoms with Crippen LogP contribution in [0.25, 0.3) is 0 Å². The van der Waals surface area contributed by atoms with Gasteiger partial charge in [0, 0.05) is 11.8 Å². The highest BCUT2D eigenvalue weighted by Crippen LogP contribution is 2.39. The van der Waals surface area contributed by atoms with Gasteiger partial charge in [-0.05, 0) is 83.3 Å². The molecule has 0 heterocycles. The predicted molar refractivity (Wildman–Crippen MR) is 106 cm³/mol. The van der Waals surface area contributed by atoms with Crippen LogP contribution in [0.5, 0.6) is 11.5 Å². The van der Waals surface area contributed by atoms with Crippen LogP contribution in [0.1, 0.15) is 67.0 Å². The molecule has 0 aromatic heterocycles. The fraction of sp³-hybridized carbons (Fsp3) is 0.455. The number of hydrogen-bond donors (Lipinski definition) is 2. The minimum absolute atomic E-state index is 0.0673. The van der Waals surface area contributed by atoms with Crippen molar-refractivity contribution in [1.82, 2.24) is 0 Å². The van der Waals surface area contributed by atoms with Gasteiger partial charge in [-0.2, -0.15) is 0 Å². The normalized spacial score (nSPS) is 11.3. The molecule has 0 bridgehead atoms. The van der Waals surface area contributed by atoms with Crippen molar-refractivity contribution in [1.29, 1.82) is 0 Å². The fourth-order valence-electron chi connectivity index (χ4n) is 3.88. The average molecular weight is 361 g/mol. The molecular formula is C22H29ClO2. The monoisotopic (exact) mass is 360 g/mol. The summed E-state index contributed by atoms with van der Waals surface area (Å²) in [4.78, 5) is 0. The van der Waals surface area contributed by atoms with Gasteiger partial charge in [0.2, 0.25) is 0 Å². The molecule has 3 heteroatoms. The molecule has 0 radical (unpaired) electrons. The molecule has 0 aliphatic heterocycles. The zero-order chi connectivity index (χ0) is 18.6. The van der Waals surface area contributed by atoms with Crippen LogP contribution in [0.15, 0.2) is 24.3 Å². The molecule has 2 aromatic rings. The molecule has 0 saturated heterocycles. The predicted octanol–water partition coefficient (Wildman–Crippen LogP) is 5.72. The second kappa shape index (κ2) is 8.62. The van der Waals surface area contributed by atoms with Crippen LogP contribution in [0.2, 0.25) is 0 Å². The Labute approximate surface area is 156 Å². The Morgan fingerprint density at radius 3 is 1.16 bits per heavy atom. The highest BCUT2D eigenvalue weighted by Gasteiger charge is 2.24. The summed E-state index contributed by atoms with van der Waals surface area (Å²) in [7, 11) is 0. The lowest BCUT2D eigenvalue weighted by atomic mass is 9.79. The van der Waals surface area contributed by atoms with Crippen LogP contribution in [0.3, 0.4) is 0 Å². The van der Waals surface area contributed by atoms with Crippen LogP contribution >= 0.6 is 11.6 Å². The van der Waals surface area contributed by atoms with Gasteiger partial charge in [-0.25, -0.2) is 0 Å². The van der Waals surface area contributed by atoms with Crippen molar-refractivity contribution >= 4 is 11.6 Å². The molecule has 0 saturated carbocycles. The van der Waals surface area contributed by atoms with Crippen LogP contribution in [0, 0.1) is 0 Å². The maximum Gasteiger partial charge on any atom is 0.116 e. The maximum atomic E-state index is 10.1. The summed E-state index contributed by atoms with van der Waals surface area (Å²) in [6.45, 7) is 8.45. The van der Waals surface area contributed by atoms with Crippen molar-refractivity contribution in [2.45, 2.75) is 59.3 Å². The number of hydrogen-bond acceptors (Lipinski definition) is 2. The van der Waals surface area contributed by atoms with Crippen molar-refractivity contribution in [3.05, 3.63) is 57.6 Å². The molecule has 2 nitrogen and oxygen atoms in total. The van der Waals surface area contributed by atoms with E-state index in [-0.39, 0.29) is 5.92 Å². The van der Waals surface area contributed by atoms with Gasteiger partial charge in [0.1, 0.15) is 11.5 Å². The third-order valence-electron chi connectivity index (χ3n) is 5.05. The lowest BCUT2D eigenvalue weighted by molar-refractivity contribution is 0.473. The Morgan fingerprint density at radius 1 is 0.680 bits per heavy atom. The Kier molecular flexibility index (Phi) is 6.78. The van der Waals surface area contributed by atoms with Gasteiger partial charge in [0.15, 0.2) is 0 Å². The summed E-state index contributed by atoms with van der Waals surface area (Å²) in [5.74, 6) is 1.19. The largest absolute Gasteiger partial charge is 0.508 e. The van der Waals surface area contributed by atoms with Crippen molar-refractivity contribution in [2.75, 3.05) is 5.88 Å². The number of benzene rings is 2. The van der Waals surface area contributed by atoms with Gasteiger partial charge in [0.25, 0.3) is 0 Å². The zero-order valence-electron chi connectivity index (χ0n) is 15.7. The Bertz CT molecular complexity index is 625. The van der Waals surface area contributed by atoms with Crippen LogP contribution in [-0.2, 0) is 25.7 Å². The highest BCUT2D eigenvalue weighted by atomic mass is 35.5. The van der Waals surface area contributed by atoms with Gasteiger partial charge in [-0.3, -0.25) is 0 Å². The highest BCUT2D eigenvalue weighted by molar-refractivity contribution is 6.18. The molecule has 0 aliphatic carbocycles. The molecule has 0 amide bonds. The first-order valence-corrected chi connectivity index (χ1v) is 9.79. The van der Waals surface area contributed by atoms with E-state index in [4.69, 9.17) is 11.6 Å². The second-order valence-electron chi connectivity index (χ2n) is 6.48. The van der Waals surface area contributed by atoms with E-state index in [1.165, 1.54) is 11.1 Å². The van der Waals surface area contributed by atoms with Crippen molar-refractivity contribution in [2.24, 2.45) is 0 Å². The van der Waals surface area contributed by atoms with E-state index in [1.807, 2.05) is 24.3 Å². The standard InChI is InChI=1S/C22H29ClO2/c1-5-14-9-18(24)10-15(6-2)21(14)20(13-23)22-16(7-3)11-19(25)12-17(22)8-4/h9-12,20,24-25H,5-8,13H2,1-4H3. The summed E-state index contributed by atoms with van der Waals surface area (Å²) in [5, 5.41) is 20.2. The minimum Gasteiger partial charge on any atom is -0.508 e. The molecule has 0 aliphatic rings. The number of aromatic hydroxyl groups is 2. The van der Waals surface area contributed by atoms with Crippen molar-refractivity contribution in [3.63, 3.8) is 0 Å². The van der Waals surface area contributed by atoms with E-state index in [1.54, 1.807) is 0 Å². The number of aryl methyl sites for hydroxylation is 4. The third-order valence-corrected chi connectivity index (χ3v) is 5.36. The van der Waals surface area contributed by atoms with E-state index >= 15 is 0 Å². The van der Waals surface area contributed by atoms with E-state index in [9.17, 15) is 10.2 Å². The van der Waals surface area contributed by atoms with Crippen molar-refractivity contribution in [3.8, 4) is 11.5 Å². The van der Waals surface area contributed by atoms with E-state index in [0.29, 0.717) is 17.4 Å². The number of halogens is 1. The van der Waals surface area contributed by atoms with Gasteiger partial charge < -0.3 is 10.2 Å². The first kappa shape index (κ1) is 19.7. The summed E-state index contributed by atoms with van der Waals surface area (Å²) in [6, 6.07) is 7.47. The van der Waals surface area contributed by atoms with E-state index in [2.05, 4.69) is 27.7 Å². The first-order valence-electron chi connectivity index (χ1n) is 9.25. The van der Waals surface area contributed by atoms with Crippen molar-refractivity contribution < 1.29 is 10.2 Å². The van der Waals surface area contributed by atoms with Crippen LogP contribution < -0.4 is 0 Å². The Hall–Kier alpha value is -1.67. The first-order chi connectivity index (χ1) is 12.0. The minimum atomic E-state index is 0.0673. The summed E-state index contributed by atoms with van der Waals surface area (Å²) >= 11 is 6.51. The smallest absolute Gasteiger partial charge is 0.116 e. The lowest BCUT2D eigenvalue weighted by Gasteiger charge is -2.27. The number of phenolic OH excluding ortho intramolecular Hbond substituents is 2. The number of alkyl halides is 1. The molecule has 0 spiro atoms. The average Bonchev–Trinajstić information content (AvgIpc) is 2.62. The molecule has 0 unspecified atom stereocenters. The van der Waals surface area contributed by atoms with E-state index < -0.39 is 0 Å². The molecular weight excluding hydrogens is 332 g/mol. The second-order valence-corrected chi connectivity index (χ2v) is 6.79. The SMILES string of the molecule is CCc1cc(O)cc(CC)c1C(CCl)c1c(CC)cc(O)cc1CC. The van der Waals surface area contributed by atoms with Crippen LogP contribution in [-0.4, -0.2) is 16.1 Å². The molecule has 0 atom stereocenters. The van der Waals surface area contributed by atoms with Gasteiger partial charge in [0.05, 0.1) is 0 Å². The molecule has 2 rings (SSSR count). The topological polar surface area (TPSA) is 40.5 Å².